The van der Waals surface area contributed by atoms with Gasteiger partial charge < -0.3 is 10.7 Å². The largest absolute Gasteiger partial charge is 1.00 e. The Morgan fingerprint density at radius 3 is 1.64 bits per heavy atom. The number of aliphatic imine (C=N–C) groups is 1. The van der Waals surface area contributed by atoms with E-state index in [1.807, 2.05) is 30.3 Å². The third-order valence-electron chi connectivity index (χ3n) is 3.78. The molecule has 0 aromatic heterocycles. The zero-order valence-corrected chi connectivity index (χ0v) is 15.4. The average Bonchev–Trinajstić information content (AvgIpc) is 2.67. The third kappa shape index (κ3) is 5.58. The summed E-state index contributed by atoms with van der Waals surface area (Å²) in [4.78, 5) is 4.48. The van der Waals surface area contributed by atoms with E-state index < -0.39 is 7.92 Å². The van der Waals surface area contributed by atoms with Crippen LogP contribution in [0.3, 0.4) is 0 Å². The molecule has 25 heavy (non-hydrogen) atoms. The fourth-order valence-corrected chi connectivity index (χ4v) is 4.75. The summed E-state index contributed by atoms with van der Waals surface area (Å²) in [6.45, 7) is 0.670. The normalized spacial score (nSPS) is 11.2. The Morgan fingerprint density at radius 2 is 1.16 bits per heavy atom. The van der Waals surface area contributed by atoms with Gasteiger partial charge in [-0.05, 0) is 36.8 Å². The Labute approximate surface area is 163 Å². The first-order chi connectivity index (χ1) is 11.8. The number of nitrogens with one attached hydrogen (secondary N) is 1. The van der Waals surface area contributed by atoms with Gasteiger partial charge >= 0.3 is 18.9 Å². The molecule has 0 heterocycles. The molecule has 0 unspecified atom stereocenters. The molecule has 3 rings (SSSR count). The second-order valence-electron chi connectivity index (χ2n) is 5.42. The molecule has 1 N–H and O–H groups in total. The minimum Gasteiger partial charge on any atom is -0.482 e. The topological polar surface area (TPSA) is 36.2 Å². The van der Waals surface area contributed by atoms with E-state index in [0.29, 0.717) is 12.4 Å². The molecule has 0 bridgehead atoms. The number of hydrogen-bond donors (Lipinski definition) is 0. The molecule has 0 amide bonds. The first kappa shape index (κ1) is 19.5. The van der Waals surface area contributed by atoms with Gasteiger partial charge in [-0.15, -0.1) is 0 Å². The molecular weight excluding hydrogens is 318 g/mol. The number of nitrogens with zero attached hydrogens (tertiary/aromatic N) is 1. The average molecular weight is 338 g/mol. The van der Waals surface area contributed by atoms with E-state index in [4.69, 9.17) is 5.73 Å². The summed E-state index contributed by atoms with van der Waals surface area (Å²) < 4.78 is 0. The van der Waals surface area contributed by atoms with Crippen LogP contribution in [-0.2, 0) is 0 Å². The fourth-order valence-electron chi connectivity index (χ4n) is 2.57. The summed E-state index contributed by atoms with van der Waals surface area (Å²) in [6, 6.07) is 31.0. The fraction of sp³-hybridized carbons (Fsp3) is 0.0952. The van der Waals surface area contributed by atoms with Crippen LogP contribution in [0.2, 0.25) is 0 Å². The van der Waals surface area contributed by atoms with Crippen LogP contribution < -0.4 is 29.5 Å². The molecule has 120 valence electrons. The zero-order chi connectivity index (χ0) is 16.6. The minimum absolute atomic E-state index is 0. The quantitative estimate of drug-likeness (QED) is 0.283. The van der Waals surface area contributed by atoms with E-state index in [9.17, 15) is 0 Å². The summed E-state index contributed by atoms with van der Waals surface area (Å²) in [5.74, 6) is 0.367. The van der Waals surface area contributed by atoms with E-state index in [2.05, 4.69) is 65.7 Å². The standard InChI is InChI=1S/C21H20N2P.Li/c22-21(18-10-4-1-5-11-18)23-16-17-24(19-12-6-2-7-13-19)20-14-8-3-9-15-20;/h1-15H,16-17H2,(H-,22,23);/q-1;+1. The van der Waals surface area contributed by atoms with Gasteiger partial charge in [0, 0.05) is 0 Å². The van der Waals surface area contributed by atoms with Crippen molar-refractivity contribution in [2.75, 3.05) is 12.7 Å². The van der Waals surface area contributed by atoms with Crippen molar-refractivity contribution in [3.63, 3.8) is 0 Å². The summed E-state index contributed by atoms with van der Waals surface area (Å²) in [6.07, 6.45) is 0.957. The summed E-state index contributed by atoms with van der Waals surface area (Å²) in [5, 5.41) is 2.72. The Balaban J connectivity index is 0.00000225. The molecule has 0 fully saturated rings. The van der Waals surface area contributed by atoms with Crippen LogP contribution in [0, 0.1) is 0 Å². The van der Waals surface area contributed by atoms with Gasteiger partial charge in [0.25, 0.3) is 0 Å². The Kier molecular flexibility index (Phi) is 7.96. The first-order valence-electron chi connectivity index (χ1n) is 8.04. The smallest absolute Gasteiger partial charge is 0.482 e. The molecule has 0 radical (unpaired) electrons. The van der Waals surface area contributed by atoms with Gasteiger partial charge in [0.1, 0.15) is 0 Å². The predicted molar refractivity (Wildman–Crippen MR) is 106 cm³/mol. The van der Waals surface area contributed by atoms with Crippen molar-refractivity contribution < 1.29 is 18.9 Å². The second-order valence-corrected chi connectivity index (χ2v) is 7.76. The van der Waals surface area contributed by atoms with E-state index in [1.165, 1.54) is 10.6 Å². The van der Waals surface area contributed by atoms with Gasteiger partial charge in [-0.2, -0.15) is 0 Å². The van der Waals surface area contributed by atoms with E-state index >= 15 is 0 Å². The molecule has 0 aliphatic heterocycles. The third-order valence-corrected chi connectivity index (χ3v) is 6.27. The Bertz CT molecular complexity index is 737. The van der Waals surface area contributed by atoms with Crippen molar-refractivity contribution >= 4 is 24.4 Å². The molecule has 4 heteroatoms. The molecule has 0 aliphatic carbocycles. The first-order valence-corrected chi connectivity index (χ1v) is 9.56. The van der Waals surface area contributed by atoms with Crippen LogP contribution >= 0.6 is 7.92 Å². The summed E-state index contributed by atoms with van der Waals surface area (Å²) in [5.41, 5.74) is 9.00. The van der Waals surface area contributed by atoms with Crippen molar-refractivity contribution in [3.05, 3.63) is 102 Å². The summed E-state index contributed by atoms with van der Waals surface area (Å²) in [7, 11) is -0.441. The van der Waals surface area contributed by atoms with Crippen molar-refractivity contribution in [1.29, 1.82) is 0 Å². The maximum absolute atomic E-state index is 8.12. The summed E-state index contributed by atoms with van der Waals surface area (Å²) >= 11 is 0. The van der Waals surface area contributed by atoms with Gasteiger partial charge in [0.15, 0.2) is 0 Å². The van der Waals surface area contributed by atoms with Crippen LogP contribution in [0.4, 0.5) is 0 Å². The van der Waals surface area contributed by atoms with Crippen LogP contribution in [0.5, 0.6) is 0 Å². The van der Waals surface area contributed by atoms with Crippen LogP contribution in [-0.4, -0.2) is 18.5 Å². The molecule has 3 aromatic carbocycles. The molecule has 2 nitrogen and oxygen atoms in total. The SMILES string of the molecule is [Li+].[NH-]C(=NCCP(c1ccccc1)c1ccccc1)c1ccccc1. The molecule has 0 saturated heterocycles. The van der Waals surface area contributed by atoms with Gasteiger partial charge in [0.2, 0.25) is 0 Å². The molecule has 0 atom stereocenters. The Hall–Kier alpha value is -1.84. The van der Waals surface area contributed by atoms with Gasteiger partial charge in [0.05, 0.1) is 0 Å². The van der Waals surface area contributed by atoms with Gasteiger partial charge in [-0.25, -0.2) is 0 Å². The van der Waals surface area contributed by atoms with Crippen molar-refractivity contribution in [1.82, 2.24) is 0 Å². The van der Waals surface area contributed by atoms with E-state index in [1.54, 1.807) is 0 Å². The molecule has 0 saturated carbocycles. The molecule has 0 aliphatic rings. The number of amidine groups is 1. The van der Waals surface area contributed by atoms with E-state index in [-0.39, 0.29) is 18.9 Å². The molecule has 3 aromatic rings. The zero-order valence-electron chi connectivity index (χ0n) is 14.5. The van der Waals surface area contributed by atoms with Crippen LogP contribution in [0.15, 0.2) is 96.0 Å². The van der Waals surface area contributed by atoms with Crippen molar-refractivity contribution in [2.24, 2.45) is 4.99 Å². The minimum atomic E-state index is -0.441. The maximum atomic E-state index is 8.12. The van der Waals surface area contributed by atoms with Gasteiger partial charge in [-0.1, -0.05) is 96.8 Å². The number of hydrogen-bond acceptors (Lipinski definition) is 1. The van der Waals surface area contributed by atoms with Crippen LogP contribution in [0.25, 0.3) is 5.73 Å². The number of benzene rings is 3. The van der Waals surface area contributed by atoms with E-state index in [0.717, 1.165) is 11.7 Å². The maximum Gasteiger partial charge on any atom is 1.00 e. The van der Waals surface area contributed by atoms with Crippen molar-refractivity contribution in [2.45, 2.75) is 0 Å². The molecular formula is C21H20LiN2P. The van der Waals surface area contributed by atoms with Crippen LogP contribution in [0.1, 0.15) is 5.56 Å². The van der Waals surface area contributed by atoms with Crippen molar-refractivity contribution in [3.8, 4) is 0 Å². The van der Waals surface area contributed by atoms with Gasteiger partial charge in [-0.3, -0.25) is 0 Å². The second kappa shape index (κ2) is 10.2. The monoisotopic (exact) mass is 338 g/mol. The Morgan fingerprint density at radius 1 is 0.720 bits per heavy atom. The predicted octanol–water partition coefficient (Wildman–Crippen LogP) is 1.62. The molecule has 0 spiro atoms. The number of rotatable bonds is 6.